The normalized spacial score (nSPS) is 10.8. The number of carbonyl (C=O) groups excluding carboxylic acids is 1. The summed E-state index contributed by atoms with van der Waals surface area (Å²) in [5.41, 5.74) is 3.71. The highest BCUT2D eigenvalue weighted by molar-refractivity contribution is 5.98. The number of hydrogen-bond acceptors (Lipinski definition) is 2. The van der Waals surface area contributed by atoms with Crippen LogP contribution in [0.2, 0.25) is 0 Å². The molecule has 0 amide bonds. The quantitative estimate of drug-likeness (QED) is 0.678. The van der Waals surface area contributed by atoms with Gasteiger partial charge in [-0.2, -0.15) is 0 Å². The molecule has 0 aliphatic rings. The van der Waals surface area contributed by atoms with Gasteiger partial charge in [0.2, 0.25) is 0 Å². The summed E-state index contributed by atoms with van der Waals surface area (Å²) in [7, 11) is 2.02. The molecule has 3 nitrogen and oxygen atoms in total. The van der Waals surface area contributed by atoms with Crippen molar-refractivity contribution in [1.82, 2.24) is 4.57 Å². The Hall–Kier alpha value is -2.55. The average Bonchev–Trinajstić information content (AvgIpc) is 2.88. The molecule has 0 aliphatic heterocycles. The van der Waals surface area contributed by atoms with Crippen molar-refractivity contribution in [3.63, 3.8) is 0 Å². The molecule has 3 heteroatoms. The molecule has 0 radical (unpaired) electrons. The SMILES string of the molecule is CCOC(=O)c1ccccc1-c1ccc2c(ccn2C)c1. The molecule has 106 valence electrons. The largest absolute Gasteiger partial charge is 0.462 e. The molecule has 1 aromatic heterocycles. The van der Waals surface area contributed by atoms with E-state index >= 15 is 0 Å². The predicted molar refractivity (Wildman–Crippen MR) is 84.3 cm³/mol. The van der Waals surface area contributed by atoms with Crippen LogP contribution in [0, 0.1) is 0 Å². The molecule has 0 unspecified atom stereocenters. The van der Waals surface area contributed by atoms with Crippen molar-refractivity contribution in [2.75, 3.05) is 6.61 Å². The van der Waals surface area contributed by atoms with E-state index in [0.717, 1.165) is 16.5 Å². The predicted octanol–water partition coefficient (Wildman–Crippen LogP) is 4.02. The maximum atomic E-state index is 12.1. The van der Waals surface area contributed by atoms with Gasteiger partial charge in [0.1, 0.15) is 0 Å². The minimum atomic E-state index is -0.277. The van der Waals surface area contributed by atoms with Crippen LogP contribution in [-0.4, -0.2) is 17.1 Å². The first-order valence-corrected chi connectivity index (χ1v) is 7.02. The minimum absolute atomic E-state index is 0.277. The average molecular weight is 279 g/mol. The van der Waals surface area contributed by atoms with Crippen LogP contribution >= 0.6 is 0 Å². The van der Waals surface area contributed by atoms with Crippen molar-refractivity contribution < 1.29 is 9.53 Å². The number of benzene rings is 2. The second kappa shape index (κ2) is 5.44. The fraction of sp³-hybridized carbons (Fsp3) is 0.167. The highest BCUT2D eigenvalue weighted by Gasteiger charge is 2.13. The number of hydrogen-bond donors (Lipinski definition) is 0. The molecule has 3 rings (SSSR count). The highest BCUT2D eigenvalue weighted by atomic mass is 16.5. The fourth-order valence-corrected chi connectivity index (χ4v) is 2.57. The van der Waals surface area contributed by atoms with E-state index in [1.54, 1.807) is 0 Å². The van der Waals surface area contributed by atoms with Crippen LogP contribution in [0.25, 0.3) is 22.0 Å². The lowest BCUT2D eigenvalue weighted by Crippen LogP contribution is -2.06. The molecule has 0 spiro atoms. The van der Waals surface area contributed by atoms with Gasteiger partial charge in [-0.25, -0.2) is 4.79 Å². The molecule has 21 heavy (non-hydrogen) atoms. The second-order valence-corrected chi connectivity index (χ2v) is 4.97. The number of aromatic nitrogens is 1. The molecule has 1 heterocycles. The Kier molecular flexibility index (Phi) is 3.48. The molecule has 0 saturated carbocycles. The van der Waals surface area contributed by atoms with E-state index in [4.69, 9.17) is 4.74 Å². The first-order valence-electron chi connectivity index (χ1n) is 7.02. The summed E-state index contributed by atoms with van der Waals surface area (Å²) >= 11 is 0. The van der Waals surface area contributed by atoms with Crippen LogP contribution in [0.3, 0.4) is 0 Å². The van der Waals surface area contributed by atoms with Gasteiger partial charge in [-0.1, -0.05) is 24.3 Å². The monoisotopic (exact) mass is 279 g/mol. The van der Waals surface area contributed by atoms with Crippen molar-refractivity contribution in [3.8, 4) is 11.1 Å². The van der Waals surface area contributed by atoms with Crippen LogP contribution in [0.15, 0.2) is 54.7 Å². The summed E-state index contributed by atoms with van der Waals surface area (Å²) in [6.07, 6.45) is 2.03. The van der Waals surface area contributed by atoms with Gasteiger partial charge in [0.05, 0.1) is 12.2 Å². The van der Waals surface area contributed by atoms with Gasteiger partial charge in [0.25, 0.3) is 0 Å². The molecule has 0 aliphatic carbocycles. The second-order valence-electron chi connectivity index (χ2n) is 4.97. The van der Waals surface area contributed by atoms with E-state index < -0.39 is 0 Å². The Morgan fingerprint density at radius 2 is 1.95 bits per heavy atom. The Morgan fingerprint density at radius 1 is 1.14 bits per heavy atom. The summed E-state index contributed by atoms with van der Waals surface area (Å²) in [4.78, 5) is 12.1. The molecule has 2 aromatic carbocycles. The van der Waals surface area contributed by atoms with Crippen molar-refractivity contribution in [3.05, 3.63) is 60.3 Å². The number of ether oxygens (including phenoxy) is 1. The third-order valence-electron chi connectivity index (χ3n) is 3.62. The first kappa shape index (κ1) is 13.4. The molecule has 0 N–H and O–H groups in total. The van der Waals surface area contributed by atoms with Crippen LogP contribution in [0.4, 0.5) is 0 Å². The summed E-state index contributed by atoms with van der Waals surface area (Å²) in [6.45, 7) is 2.20. The van der Waals surface area contributed by atoms with Gasteiger partial charge < -0.3 is 9.30 Å². The lowest BCUT2D eigenvalue weighted by atomic mass is 9.98. The number of esters is 1. The molecule has 0 fully saturated rings. The lowest BCUT2D eigenvalue weighted by molar-refractivity contribution is 0.0527. The van der Waals surface area contributed by atoms with E-state index in [0.29, 0.717) is 12.2 Å². The number of rotatable bonds is 3. The van der Waals surface area contributed by atoms with E-state index in [2.05, 4.69) is 22.8 Å². The zero-order valence-corrected chi connectivity index (χ0v) is 12.2. The number of fused-ring (bicyclic) bond motifs is 1. The smallest absolute Gasteiger partial charge is 0.338 e. The van der Waals surface area contributed by atoms with Gasteiger partial charge in [0, 0.05) is 24.1 Å². The first-order chi connectivity index (χ1) is 10.2. The van der Waals surface area contributed by atoms with E-state index in [9.17, 15) is 4.79 Å². The fourth-order valence-electron chi connectivity index (χ4n) is 2.57. The third kappa shape index (κ3) is 2.42. The van der Waals surface area contributed by atoms with Crippen LogP contribution in [-0.2, 0) is 11.8 Å². The Morgan fingerprint density at radius 3 is 2.76 bits per heavy atom. The van der Waals surface area contributed by atoms with E-state index in [1.165, 1.54) is 5.52 Å². The van der Waals surface area contributed by atoms with E-state index in [-0.39, 0.29) is 5.97 Å². The Balaban J connectivity index is 2.11. The topological polar surface area (TPSA) is 31.2 Å². The van der Waals surface area contributed by atoms with Crippen molar-refractivity contribution >= 4 is 16.9 Å². The van der Waals surface area contributed by atoms with Crippen molar-refractivity contribution in [2.24, 2.45) is 7.05 Å². The molecular weight excluding hydrogens is 262 g/mol. The lowest BCUT2D eigenvalue weighted by Gasteiger charge is -2.09. The zero-order chi connectivity index (χ0) is 14.8. The maximum absolute atomic E-state index is 12.1. The molecular formula is C18H17NO2. The zero-order valence-electron chi connectivity index (χ0n) is 12.2. The molecule has 3 aromatic rings. The highest BCUT2D eigenvalue weighted by Crippen LogP contribution is 2.28. The maximum Gasteiger partial charge on any atom is 0.338 e. The van der Waals surface area contributed by atoms with Crippen molar-refractivity contribution in [2.45, 2.75) is 6.92 Å². The molecule has 0 bridgehead atoms. The number of aryl methyl sites for hydroxylation is 1. The summed E-state index contributed by atoms with van der Waals surface area (Å²) in [5.74, 6) is -0.277. The van der Waals surface area contributed by atoms with Crippen LogP contribution in [0.5, 0.6) is 0 Å². The van der Waals surface area contributed by atoms with Gasteiger partial charge in [-0.3, -0.25) is 0 Å². The van der Waals surface area contributed by atoms with E-state index in [1.807, 2.05) is 50.5 Å². The number of nitrogens with zero attached hydrogens (tertiary/aromatic N) is 1. The molecule has 0 saturated heterocycles. The van der Waals surface area contributed by atoms with Gasteiger partial charge in [-0.05, 0) is 42.3 Å². The summed E-state index contributed by atoms with van der Waals surface area (Å²) in [5, 5.41) is 1.16. The van der Waals surface area contributed by atoms with Gasteiger partial charge in [0.15, 0.2) is 0 Å². The van der Waals surface area contributed by atoms with Crippen LogP contribution in [0.1, 0.15) is 17.3 Å². The number of carbonyl (C=O) groups is 1. The van der Waals surface area contributed by atoms with Crippen molar-refractivity contribution in [1.29, 1.82) is 0 Å². The Bertz CT molecular complexity index is 802. The van der Waals surface area contributed by atoms with Gasteiger partial charge >= 0.3 is 5.97 Å². The summed E-state index contributed by atoms with van der Waals surface area (Å²) < 4.78 is 7.22. The minimum Gasteiger partial charge on any atom is -0.462 e. The Labute approximate surface area is 123 Å². The van der Waals surface area contributed by atoms with Crippen LogP contribution < -0.4 is 0 Å². The summed E-state index contributed by atoms with van der Waals surface area (Å²) in [6, 6.07) is 15.9. The molecule has 0 atom stereocenters. The standard InChI is InChI=1S/C18H17NO2/c1-3-21-18(20)16-7-5-4-6-15(16)13-8-9-17-14(12-13)10-11-19(17)2/h4-12H,3H2,1-2H3. The third-order valence-corrected chi connectivity index (χ3v) is 3.62. The van der Waals surface area contributed by atoms with Gasteiger partial charge in [-0.15, -0.1) is 0 Å².